The maximum Gasteiger partial charge on any atom is 0.288 e. The van der Waals surface area contributed by atoms with Gasteiger partial charge in [0.1, 0.15) is 5.02 Å². The molecule has 8 nitrogen and oxygen atoms in total. The first-order valence-electron chi connectivity index (χ1n) is 11.0. The van der Waals surface area contributed by atoms with Crippen LogP contribution in [0.1, 0.15) is 29.5 Å². The Balaban J connectivity index is 1.49. The molecule has 1 fully saturated rings. The zero-order chi connectivity index (χ0) is 23.3. The third-order valence-electron chi connectivity index (χ3n) is 6.96. The van der Waals surface area contributed by atoms with Crippen LogP contribution in [0.5, 0.6) is 0 Å². The fourth-order valence-corrected chi connectivity index (χ4v) is 6.75. The topological polar surface area (TPSA) is 95.8 Å². The lowest BCUT2D eigenvalue weighted by Crippen LogP contribution is -2.47. The number of anilines is 1. The van der Waals surface area contributed by atoms with E-state index in [-0.39, 0.29) is 28.6 Å². The molecule has 10 heteroatoms. The molecule has 0 saturated carbocycles. The number of allylic oxidation sites excluding steroid dienone is 2. The number of piperazine rings is 1. The van der Waals surface area contributed by atoms with Gasteiger partial charge in [-0.1, -0.05) is 29.8 Å². The van der Waals surface area contributed by atoms with E-state index in [9.17, 15) is 18.5 Å². The fourth-order valence-electron chi connectivity index (χ4n) is 5.10. The van der Waals surface area contributed by atoms with Crippen molar-refractivity contribution in [3.05, 3.63) is 74.8 Å². The smallest absolute Gasteiger partial charge is 0.288 e. The van der Waals surface area contributed by atoms with Gasteiger partial charge in [-0.25, -0.2) is 8.42 Å². The molecule has 2 heterocycles. The molecule has 0 spiro atoms. The van der Waals surface area contributed by atoms with Crippen molar-refractivity contribution in [2.45, 2.75) is 23.3 Å². The third kappa shape index (κ3) is 3.93. The Morgan fingerprint density at radius 2 is 1.88 bits per heavy atom. The summed E-state index contributed by atoms with van der Waals surface area (Å²) in [7, 11) is -1.58. The number of nitro benzene ring substituents is 1. The average Bonchev–Trinajstić information content (AvgIpc) is 3.29. The van der Waals surface area contributed by atoms with Crippen LogP contribution in [0.2, 0.25) is 5.02 Å². The van der Waals surface area contributed by atoms with Crippen molar-refractivity contribution < 1.29 is 13.3 Å². The summed E-state index contributed by atoms with van der Waals surface area (Å²) in [6.45, 7) is 2.40. The first-order valence-corrected chi connectivity index (χ1v) is 12.8. The Hall–Kier alpha value is -2.46. The van der Waals surface area contributed by atoms with Crippen LogP contribution in [0.3, 0.4) is 0 Å². The predicted octanol–water partition coefficient (Wildman–Crippen LogP) is 4.01. The molecule has 2 aromatic carbocycles. The van der Waals surface area contributed by atoms with E-state index < -0.39 is 14.9 Å². The summed E-state index contributed by atoms with van der Waals surface area (Å²) in [6.07, 6.45) is 5.02. The van der Waals surface area contributed by atoms with Crippen LogP contribution in [0.15, 0.2) is 53.4 Å². The minimum atomic E-state index is -3.57. The molecule has 2 aliphatic heterocycles. The molecular formula is C23H25ClN4O4S. The number of nitrogens with zero attached hydrogens (tertiary/aromatic N) is 3. The Morgan fingerprint density at radius 1 is 1.12 bits per heavy atom. The van der Waals surface area contributed by atoms with Crippen LogP contribution < -0.4 is 5.32 Å². The number of fused-ring (bicyclic) bond motifs is 3. The molecule has 33 heavy (non-hydrogen) atoms. The Labute approximate surface area is 198 Å². The van der Waals surface area contributed by atoms with E-state index in [4.69, 9.17) is 11.6 Å². The highest BCUT2D eigenvalue weighted by atomic mass is 35.5. The minimum absolute atomic E-state index is 0.0311. The molecule has 0 bridgehead atoms. The van der Waals surface area contributed by atoms with Crippen molar-refractivity contribution in [3.8, 4) is 0 Å². The molecule has 1 saturated heterocycles. The molecule has 3 atom stereocenters. The van der Waals surface area contributed by atoms with Gasteiger partial charge < -0.3 is 10.2 Å². The molecule has 1 aliphatic carbocycles. The molecule has 0 amide bonds. The summed E-state index contributed by atoms with van der Waals surface area (Å²) in [4.78, 5) is 13.4. The molecular weight excluding hydrogens is 464 g/mol. The standard InChI is InChI=1S/C23H25ClN4O4S/c1-26-9-11-27(12-10-26)33(31,32)16-6-8-21-19(14-16)17-3-2-4-18(17)23(25-21)15-5-7-20(24)22(13-15)28(29)30/h2-3,5-8,13-14,17-18,23,25H,4,9-12H2,1H3. The normalized spacial score (nSPS) is 25.3. The monoisotopic (exact) mass is 488 g/mol. The van der Waals surface area contributed by atoms with Gasteiger partial charge in [-0.2, -0.15) is 4.31 Å². The summed E-state index contributed by atoms with van der Waals surface area (Å²) < 4.78 is 28.1. The molecule has 0 aromatic heterocycles. The maximum absolute atomic E-state index is 13.3. The summed E-state index contributed by atoms with van der Waals surface area (Å²) in [5.41, 5.74) is 2.48. The van der Waals surface area contributed by atoms with Gasteiger partial charge in [-0.05, 0) is 54.8 Å². The molecule has 5 rings (SSSR count). The summed E-state index contributed by atoms with van der Waals surface area (Å²) in [5.74, 6) is 0.156. The Kier molecular flexibility index (Phi) is 5.68. The van der Waals surface area contributed by atoms with Crippen LogP contribution in [-0.4, -0.2) is 55.8 Å². The first-order chi connectivity index (χ1) is 15.8. The van der Waals surface area contributed by atoms with Crippen LogP contribution in [-0.2, 0) is 10.0 Å². The Morgan fingerprint density at radius 3 is 2.61 bits per heavy atom. The predicted molar refractivity (Wildman–Crippen MR) is 127 cm³/mol. The number of hydrogen-bond donors (Lipinski definition) is 1. The largest absolute Gasteiger partial charge is 0.378 e. The zero-order valence-electron chi connectivity index (χ0n) is 18.1. The highest BCUT2D eigenvalue weighted by Gasteiger charge is 2.39. The highest BCUT2D eigenvalue weighted by Crippen LogP contribution is 2.50. The van der Waals surface area contributed by atoms with Gasteiger partial charge in [0.25, 0.3) is 5.69 Å². The zero-order valence-corrected chi connectivity index (χ0v) is 19.7. The van der Waals surface area contributed by atoms with Gasteiger partial charge in [-0.3, -0.25) is 10.1 Å². The van der Waals surface area contributed by atoms with E-state index in [0.717, 1.165) is 23.2 Å². The molecule has 3 unspecified atom stereocenters. The van der Waals surface area contributed by atoms with Crippen molar-refractivity contribution in [2.24, 2.45) is 5.92 Å². The number of halogens is 1. The maximum atomic E-state index is 13.3. The molecule has 2 aromatic rings. The van der Waals surface area contributed by atoms with E-state index >= 15 is 0 Å². The number of nitrogens with one attached hydrogen (secondary N) is 1. The van der Waals surface area contributed by atoms with Crippen LogP contribution >= 0.6 is 11.6 Å². The van der Waals surface area contributed by atoms with Crippen molar-refractivity contribution in [1.29, 1.82) is 0 Å². The molecule has 1 N–H and O–H groups in total. The van der Waals surface area contributed by atoms with Crippen LogP contribution in [0.4, 0.5) is 11.4 Å². The Bertz CT molecular complexity index is 1240. The molecule has 3 aliphatic rings. The summed E-state index contributed by atoms with van der Waals surface area (Å²) >= 11 is 6.02. The number of sulfonamides is 1. The number of likely N-dealkylation sites (N-methyl/N-ethyl adjacent to an activating group) is 1. The number of hydrogen-bond acceptors (Lipinski definition) is 6. The van der Waals surface area contributed by atoms with Gasteiger partial charge in [0.05, 0.1) is 15.9 Å². The van der Waals surface area contributed by atoms with Crippen molar-refractivity contribution in [1.82, 2.24) is 9.21 Å². The van der Waals surface area contributed by atoms with E-state index in [0.29, 0.717) is 31.1 Å². The van der Waals surface area contributed by atoms with Gasteiger partial charge in [0.15, 0.2) is 0 Å². The third-order valence-corrected chi connectivity index (χ3v) is 9.17. The van der Waals surface area contributed by atoms with E-state index in [1.54, 1.807) is 22.5 Å². The summed E-state index contributed by atoms with van der Waals surface area (Å²) in [5, 5.41) is 15.0. The number of rotatable bonds is 4. The second-order valence-corrected chi connectivity index (χ2v) is 11.2. The lowest BCUT2D eigenvalue weighted by atomic mass is 9.77. The van der Waals surface area contributed by atoms with Gasteiger partial charge in [-0.15, -0.1) is 0 Å². The van der Waals surface area contributed by atoms with Crippen LogP contribution in [0.25, 0.3) is 0 Å². The highest BCUT2D eigenvalue weighted by molar-refractivity contribution is 7.89. The molecule has 174 valence electrons. The van der Waals surface area contributed by atoms with Gasteiger partial charge >= 0.3 is 0 Å². The summed E-state index contributed by atoms with van der Waals surface area (Å²) in [6, 6.07) is 10.0. The van der Waals surface area contributed by atoms with Crippen molar-refractivity contribution in [3.63, 3.8) is 0 Å². The van der Waals surface area contributed by atoms with Crippen molar-refractivity contribution in [2.75, 3.05) is 38.5 Å². The first kappa shape index (κ1) is 22.3. The second-order valence-electron chi connectivity index (χ2n) is 8.90. The van der Waals surface area contributed by atoms with E-state index in [2.05, 4.69) is 22.4 Å². The number of nitro groups is 1. The fraction of sp³-hybridized carbons (Fsp3) is 0.391. The van der Waals surface area contributed by atoms with Crippen molar-refractivity contribution >= 4 is 33.0 Å². The second kappa shape index (κ2) is 8.39. The van der Waals surface area contributed by atoms with E-state index in [1.807, 2.05) is 19.2 Å². The molecule has 0 radical (unpaired) electrons. The van der Waals surface area contributed by atoms with Gasteiger partial charge in [0, 0.05) is 43.9 Å². The minimum Gasteiger partial charge on any atom is -0.378 e. The van der Waals surface area contributed by atoms with Crippen LogP contribution in [0, 0.1) is 16.0 Å². The lowest BCUT2D eigenvalue weighted by Gasteiger charge is -2.38. The number of benzene rings is 2. The SMILES string of the molecule is CN1CCN(S(=O)(=O)c2ccc3c(c2)C2C=CCC2C(c2ccc(Cl)c([N+](=O)[O-])c2)N3)CC1. The lowest BCUT2D eigenvalue weighted by molar-refractivity contribution is -0.384. The van der Waals surface area contributed by atoms with E-state index in [1.165, 1.54) is 6.07 Å². The average molecular weight is 489 g/mol. The quantitative estimate of drug-likeness (QED) is 0.397. The van der Waals surface area contributed by atoms with Gasteiger partial charge in [0.2, 0.25) is 10.0 Å².